The molecule has 0 aliphatic carbocycles. The van der Waals surface area contributed by atoms with Crippen LogP contribution in [0.3, 0.4) is 0 Å². The van der Waals surface area contributed by atoms with Crippen LogP contribution in [0, 0.1) is 0 Å². The predicted octanol–water partition coefficient (Wildman–Crippen LogP) is 2.88. The highest BCUT2D eigenvalue weighted by Crippen LogP contribution is 2.39. The number of carbonyl (C=O) groups excluding carboxylic acids is 1. The molecule has 1 unspecified atom stereocenters. The molecular weight excluding hydrogens is 250 g/mol. The molecule has 1 aromatic carbocycles. The van der Waals surface area contributed by atoms with Crippen LogP contribution in [-0.2, 0) is 4.79 Å². The number of hydrogen-bond acceptors (Lipinski definition) is 3. The van der Waals surface area contributed by atoms with Crippen molar-refractivity contribution in [3.05, 3.63) is 22.7 Å². The van der Waals surface area contributed by atoms with Gasteiger partial charge >= 0.3 is 0 Å². The number of halogens is 1. The largest absolute Gasteiger partial charge is 0.374 e. The van der Waals surface area contributed by atoms with Gasteiger partial charge in [-0.15, -0.1) is 0 Å². The number of benzene rings is 1. The Morgan fingerprint density at radius 2 is 2.31 bits per heavy atom. The lowest BCUT2D eigenvalue weighted by Crippen LogP contribution is -2.27. The molecule has 1 heterocycles. The van der Waals surface area contributed by atoms with Gasteiger partial charge in [0.25, 0.3) is 0 Å². The van der Waals surface area contributed by atoms with Crippen molar-refractivity contribution in [3.63, 3.8) is 0 Å². The molecule has 1 atom stereocenters. The molecule has 0 amide bonds. The highest BCUT2D eigenvalue weighted by molar-refractivity contribution is 9.10. The smallest absolute Gasteiger partial charge is 0.215 e. The number of rotatable bonds is 0. The molecule has 0 spiro atoms. The highest BCUT2D eigenvalue weighted by Gasteiger charge is 2.23. The van der Waals surface area contributed by atoms with Crippen molar-refractivity contribution in [2.75, 3.05) is 5.32 Å². The normalized spacial score (nSPS) is 20.8. The van der Waals surface area contributed by atoms with Crippen LogP contribution in [0.1, 0.15) is 6.92 Å². The Balaban J connectivity index is 2.48. The monoisotopic (exact) mass is 257 g/mol. The third kappa shape index (κ3) is 1.60. The minimum absolute atomic E-state index is 0.0909. The summed E-state index contributed by atoms with van der Waals surface area (Å²) in [4.78, 5) is 12.4. The second-order valence-electron chi connectivity index (χ2n) is 2.90. The maximum atomic E-state index is 11.4. The lowest BCUT2D eigenvalue weighted by Gasteiger charge is -2.22. The van der Waals surface area contributed by atoms with Gasteiger partial charge in [-0.3, -0.25) is 4.79 Å². The van der Waals surface area contributed by atoms with E-state index in [1.165, 1.54) is 11.8 Å². The van der Waals surface area contributed by atoms with Crippen molar-refractivity contribution < 1.29 is 4.79 Å². The van der Waals surface area contributed by atoms with E-state index in [0.717, 1.165) is 15.1 Å². The quantitative estimate of drug-likeness (QED) is 0.775. The maximum Gasteiger partial charge on any atom is 0.215 e. The predicted molar refractivity (Wildman–Crippen MR) is 58.1 cm³/mol. The Labute approximate surface area is 89.2 Å². The first kappa shape index (κ1) is 9.09. The van der Waals surface area contributed by atoms with Gasteiger partial charge in [-0.05, 0) is 46.7 Å². The van der Waals surface area contributed by atoms with Gasteiger partial charge in [-0.1, -0.05) is 6.07 Å². The topological polar surface area (TPSA) is 29.1 Å². The summed E-state index contributed by atoms with van der Waals surface area (Å²) in [5, 5.41) is 3.32. The van der Waals surface area contributed by atoms with E-state index < -0.39 is 0 Å². The second kappa shape index (κ2) is 3.35. The molecule has 68 valence electrons. The first-order valence-electron chi connectivity index (χ1n) is 3.95. The molecular formula is C9H8BrNOS. The summed E-state index contributed by atoms with van der Waals surface area (Å²) >= 11 is 4.71. The van der Waals surface area contributed by atoms with Gasteiger partial charge in [0.2, 0.25) is 5.12 Å². The van der Waals surface area contributed by atoms with E-state index in [4.69, 9.17) is 0 Å². The van der Waals surface area contributed by atoms with Crippen molar-refractivity contribution in [3.8, 4) is 0 Å². The van der Waals surface area contributed by atoms with Crippen LogP contribution in [-0.4, -0.2) is 11.2 Å². The number of thioether (sulfide) groups is 1. The fourth-order valence-electron chi connectivity index (χ4n) is 1.21. The zero-order valence-electron chi connectivity index (χ0n) is 7.00. The summed E-state index contributed by atoms with van der Waals surface area (Å²) in [6, 6.07) is 5.79. The molecule has 0 saturated carbocycles. The van der Waals surface area contributed by atoms with Gasteiger partial charge in [0, 0.05) is 4.47 Å². The van der Waals surface area contributed by atoms with Gasteiger partial charge < -0.3 is 5.32 Å². The van der Waals surface area contributed by atoms with Crippen LogP contribution in [0.4, 0.5) is 5.69 Å². The van der Waals surface area contributed by atoms with Gasteiger partial charge in [-0.2, -0.15) is 0 Å². The van der Waals surface area contributed by atoms with Crippen molar-refractivity contribution in [2.45, 2.75) is 17.9 Å². The van der Waals surface area contributed by atoms with Crippen molar-refractivity contribution in [2.24, 2.45) is 0 Å². The number of hydrogen-bond donors (Lipinski definition) is 1. The van der Waals surface area contributed by atoms with Crippen LogP contribution >= 0.6 is 27.7 Å². The Kier molecular flexibility index (Phi) is 2.34. The first-order valence-corrected chi connectivity index (χ1v) is 5.56. The summed E-state index contributed by atoms with van der Waals surface area (Å²) in [5.74, 6) is 0. The van der Waals surface area contributed by atoms with E-state index in [0.29, 0.717) is 0 Å². The van der Waals surface area contributed by atoms with Gasteiger partial charge in [-0.25, -0.2) is 0 Å². The molecule has 1 N–H and O–H groups in total. The SMILES string of the molecule is CC1Nc2cccc(Br)c2SC1=O. The van der Waals surface area contributed by atoms with E-state index in [1.807, 2.05) is 25.1 Å². The van der Waals surface area contributed by atoms with Crippen molar-refractivity contribution in [1.29, 1.82) is 0 Å². The average Bonchev–Trinajstić information content (AvgIpc) is 2.09. The molecule has 1 aliphatic heterocycles. The summed E-state index contributed by atoms with van der Waals surface area (Å²) in [7, 11) is 0. The van der Waals surface area contributed by atoms with Crippen molar-refractivity contribution >= 4 is 38.5 Å². The van der Waals surface area contributed by atoms with Crippen LogP contribution in [0.25, 0.3) is 0 Å². The summed E-state index contributed by atoms with van der Waals surface area (Å²) < 4.78 is 0.975. The van der Waals surface area contributed by atoms with Crippen molar-refractivity contribution in [1.82, 2.24) is 0 Å². The van der Waals surface area contributed by atoms with Gasteiger partial charge in [0.1, 0.15) is 0 Å². The number of anilines is 1. The zero-order valence-corrected chi connectivity index (χ0v) is 9.41. The summed E-state index contributed by atoms with van der Waals surface area (Å²) in [6.07, 6.45) is 0. The Morgan fingerprint density at radius 1 is 1.54 bits per heavy atom. The number of carbonyl (C=O) groups is 1. The number of nitrogens with one attached hydrogen (secondary N) is 1. The minimum atomic E-state index is -0.0909. The molecule has 1 aliphatic rings. The fourth-order valence-corrected chi connectivity index (χ4v) is 2.66. The molecule has 2 nitrogen and oxygen atoms in total. The van der Waals surface area contributed by atoms with E-state index in [2.05, 4.69) is 21.2 Å². The Morgan fingerprint density at radius 3 is 3.08 bits per heavy atom. The first-order chi connectivity index (χ1) is 6.18. The molecule has 0 aromatic heterocycles. The molecule has 0 saturated heterocycles. The number of fused-ring (bicyclic) bond motifs is 1. The van der Waals surface area contributed by atoms with E-state index in [9.17, 15) is 4.79 Å². The lowest BCUT2D eigenvalue weighted by molar-refractivity contribution is -0.111. The van der Waals surface area contributed by atoms with Crippen LogP contribution in [0.2, 0.25) is 0 Å². The second-order valence-corrected chi connectivity index (χ2v) is 4.77. The minimum Gasteiger partial charge on any atom is -0.374 e. The molecule has 1 aromatic rings. The van der Waals surface area contributed by atoms with Gasteiger partial charge in [0.15, 0.2) is 0 Å². The standard InChI is InChI=1S/C9H8BrNOS/c1-5-9(12)13-8-6(10)3-2-4-7(8)11-5/h2-5,11H,1H3. The van der Waals surface area contributed by atoms with Gasteiger partial charge in [0.05, 0.1) is 16.6 Å². The molecule has 0 radical (unpaired) electrons. The molecule has 0 bridgehead atoms. The summed E-state index contributed by atoms with van der Waals surface area (Å²) in [5.41, 5.74) is 1.03. The average molecular weight is 258 g/mol. The fraction of sp³-hybridized carbons (Fsp3) is 0.222. The van der Waals surface area contributed by atoms with E-state index >= 15 is 0 Å². The highest BCUT2D eigenvalue weighted by atomic mass is 79.9. The van der Waals surface area contributed by atoms with Crippen LogP contribution < -0.4 is 5.32 Å². The third-order valence-electron chi connectivity index (χ3n) is 1.90. The van der Waals surface area contributed by atoms with E-state index in [1.54, 1.807) is 0 Å². The molecule has 0 fully saturated rings. The van der Waals surface area contributed by atoms with E-state index in [-0.39, 0.29) is 11.2 Å². The van der Waals surface area contributed by atoms with Crippen LogP contribution in [0.5, 0.6) is 0 Å². The Bertz CT molecular complexity index is 367. The lowest BCUT2D eigenvalue weighted by atomic mass is 10.2. The third-order valence-corrected chi connectivity index (χ3v) is 4.02. The van der Waals surface area contributed by atoms with Crippen LogP contribution in [0.15, 0.2) is 27.6 Å². The summed E-state index contributed by atoms with van der Waals surface area (Å²) in [6.45, 7) is 1.87. The maximum absolute atomic E-state index is 11.4. The molecule has 4 heteroatoms. The zero-order chi connectivity index (χ0) is 9.42. The molecule has 2 rings (SSSR count). The Hall–Kier alpha value is -0.480. The molecule has 13 heavy (non-hydrogen) atoms.